The lowest BCUT2D eigenvalue weighted by Crippen LogP contribution is -2.32. The molecule has 1 aromatic rings. The van der Waals surface area contributed by atoms with Crippen LogP contribution in [-0.4, -0.2) is 11.8 Å². The summed E-state index contributed by atoms with van der Waals surface area (Å²) in [5.74, 6) is 0.344. The fraction of sp³-hybridized carbons (Fsp3) is 0.333. The van der Waals surface area contributed by atoms with Gasteiger partial charge in [0.1, 0.15) is 0 Å². The summed E-state index contributed by atoms with van der Waals surface area (Å²) in [7, 11) is 0. The van der Waals surface area contributed by atoms with Crippen molar-refractivity contribution in [3.05, 3.63) is 42.5 Å². The number of imide groups is 1. The van der Waals surface area contributed by atoms with Crippen molar-refractivity contribution in [1.29, 1.82) is 0 Å². The lowest BCUT2D eigenvalue weighted by Gasteiger charge is -2.16. The summed E-state index contributed by atoms with van der Waals surface area (Å²) in [4.78, 5) is 26.3. The van der Waals surface area contributed by atoms with Gasteiger partial charge in [-0.25, -0.2) is 0 Å². The molecule has 3 nitrogen and oxygen atoms in total. The van der Waals surface area contributed by atoms with E-state index >= 15 is 0 Å². The second-order valence-electron chi connectivity index (χ2n) is 5.35. The Morgan fingerprint density at radius 3 is 2.00 bits per heavy atom. The quantitative estimate of drug-likeness (QED) is 0.555. The van der Waals surface area contributed by atoms with Crippen LogP contribution in [0, 0.1) is 23.7 Å². The number of allylic oxidation sites excluding steroid dienone is 2. The molecule has 1 saturated carbocycles. The maximum absolute atomic E-state index is 12.5. The summed E-state index contributed by atoms with van der Waals surface area (Å²) in [5.41, 5.74) is 0.710. The number of anilines is 1. The van der Waals surface area contributed by atoms with Gasteiger partial charge in [0.25, 0.3) is 0 Å². The number of carbonyl (C=O) groups is 2. The zero-order chi connectivity index (χ0) is 12.3. The molecule has 1 aromatic carbocycles. The van der Waals surface area contributed by atoms with Crippen LogP contribution in [0.2, 0.25) is 0 Å². The first-order valence-electron chi connectivity index (χ1n) is 6.38. The minimum absolute atomic E-state index is 0.00644. The van der Waals surface area contributed by atoms with Crippen LogP contribution in [0.15, 0.2) is 42.5 Å². The van der Waals surface area contributed by atoms with Gasteiger partial charge in [0.2, 0.25) is 11.8 Å². The van der Waals surface area contributed by atoms with Crippen LogP contribution < -0.4 is 4.90 Å². The molecule has 0 unspecified atom stereocenters. The van der Waals surface area contributed by atoms with E-state index in [2.05, 4.69) is 12.2 Å². The SMILES string of the molecule is O=C1[C@H]2[C@H](C(=O)N1c1ccccc1)[C@@H]1C=C[C@@H]2C1. The van der Waals surface area contributed by atoms with Crippen LogP contribution >= 0.6 is 0 Å². The first kappa shape index (κ1) is 10.1. The normalized spacial score (nSPS) is 36.6. The van der Waals surface area contributed by atoms with E-state index < -0.39 is 0 Å². The minimum atomic E-state index is -0.104. The lowest BCUT2D eigenvalue weighted by molar-refractivity contribution is -0.123. The number of amides is 2. The van der Waals surface area contributed by atoms with Crippen molar-refractivity contribution in [3.8, 4) is 0 Å². The third-order valence-corrected chi connectivity index (χ3v) is 4.48. The Morgan fingerprint density at radius 2 is 1.44 bits per heavy atom. The predicted molar refractivity (Wildman–Crippen MR) is 66.7 cm³/mol. The van der Waals surface area contributed by atoms with Crippen LogP contribution in [0.4, 0.5) is 5.69 Å². The number of hydrogen-bond donors (Lipinski definition) is 0. The van der Waals surface area contributed by atoms with E-state index in [0.717, 1.165) is 6.42 Å². The molecule has 90 valence electrons. The van der Waals surface area contributed by atoms with E-state index in [-0.39, 0.29) is 35.5 Å². The van der Waals surface area contributed by atoms with E-state index in [1.165, 1.54) is 4.90 Å². The highest BCUT2D eigenvalue weighted by molar-refractivity contribution is 6.22. The maximum atomic E-state index is 12.5. The Balaban J connectivity index is 1.77. The second-order valence-corrected chi connectivity index (χ2v) is 5.35. The van der Waals surface area contributed by atoms with Crippen LogP contribution in [0.3, 0.4) is 0 Å². The van der Waals surface area contributed by atoms with Gasteiger partial charge < -0.3 is 0 Å². The van der Waals surface area contributed by atoms with E-state index in [1.54, 1.807) is 0 Å². The average Bonchev–Trinajstić information content (AvgIpc) is 3.05. The third-order valence-electron chi connectivity index (χ3n) is 4.48. The molecule has 4 rings (SSSR count). The summed E-state index contributed by atoms with van der Waals surface area (Å²) >= 11 is 0. The van der Waals surface area contributed by atoms with Crippen LogP contribution in [-0.2, 0) is 9.59 Å². The molecule has 0 radical (unpaired) electrons. The third kappa shape index (κ3) is 1.09. The molecule has 2 aliphatic carbocycles. The number of para-hydroxylation sites is 1. The molecule has 18 heavy (non-hydrogen) atoms. The number of carbonyl (C=O) groups excluding carboxylic acids is 2. The van der Waals surface area contributed by atoms with Crippen LogP contribution in [0.5, 0.6) is 0 Å². The predicted octanol–water partition coefficient (Wildman–Crippen LogP) is 2.00. The topological polar surface area (TPSA) is 37.4 Å². The average molecular weight is 239 g/mol. The zero-order valence-electron chi connectivity index (χ0n) is 9.82. The van der Waals surface area contributed by atoms with Crippen molar-refractivity contribution < 1.29 is 9.59 Å². The van der Waals surface area contributed by atoms with Crippen molar-refractivity contribution >= 4 is 17.5 Å². The molecule has 3 heteroatoms. The molecule has 3 aliphatic rings. The molecule has 1 saturated heterocycles. The van der Waals surface area contributed by atoms with Crippen molar-refractivity contribution in [1.82, 2.24) is 0 Å². The van der Waals surface area contributed by atoms with Gasteiger partial charge in [-0.3, -0.25) is 14.5 Å². The summed E-state index contributed by atoms with van der Waals surface area (Å²) in [6.45, 7) is 0. The van der Waals surface area contributed by atoms with Crippen molar-refractivity contribution in [2.24, 2.45) is 23.7 Å². The monoisotopic (exact) mass is 239 g/mol. The van der Waals surface area contributed by atoms with Gasteiger partial charge in [-0.15, -0.1) is 0 Å². The molecule has 0 N–H and O–H groups in total. The molecular formula is C15H13NO2. The molecule has 1 heterocycles. The standard InChI is InChI=1S/C15H13NO2/c17-14-12-9-6-7-10(8-9)13(12)15(18)16(14)11-4-2-1-3-5-11/h1-7,9-10,12-13H,8H2/t9-,10-,12-,13-/m1/s1. The summed E-state index contributed by atoms with van der Waals surface area (Å²) in [5, 5.41) is 0. The Hall–Kier alpha value is -1.90. The van der Waals surface area contributed by atoms with Crippen molar-refractivity contribution in [2.75, 3.05) is 4.90 Å². The van der Waals surface area contributed by atoms with Crippen molar-refractivity contribution in [3.63, 3.8) is 0 Å². The van der Waals surface area contributed by atoms with Gasteiger partial charge in [0.15, 0.2) is 0 Å². The van der Waals surface area contributed by atoms with Gasteiger partial charge in [0, 0.05) is 0 Å². The Labute approximate surface area is 105 Å². The van der Waals surface area contributed by atoms with Crippen LogP contribution in [0.1, 0.15) is 6.42 Å². The van der Waals surface area contributed by atoms with Crippen molar-refractivity contribution in [2.45, 2.75) is 6.42 Å². The Bertz CT molecular complexity index is 533. The second kappa shape index (κ2) is 3.31. The van der Waals surface area contributed by atoms with E-state index in [4.69, 9.17) is 0 Å². The molecule has 4 atom stereocenters. The molecule has 0 spiro atoms. The fourth-order valence-corrected chi connectivity index (χ4v) is 3.73. The molecular weight excluding hydrogens is 226 g/mol. The highest BCUT2D eigenvalue weighted by Crippen LogP contribution is 2.53. The first-order chi connectivity index (χ1) is 8.77. The highest BCUT2D eigenvalue weighted by atomic mass is 16.2. The fourth-order valence-electron chi connectivity index (χ4n) is 3.73. The highest BCUT2D eigenvalue weighted by Gasteiger charge is 2.59. The van der Waals surface area contributed by atoms with Gasteiger partial charge in [0.05, 0.1) is 17.5 Å². The molecule has 2 amide bonds. The number of rotatable bonds is 1. The van der Waals surface area contributed by atoms with E-state index in [1.807, 2.05) is 30.3 Å². The minimum Gasteiger partial charge on any atom is -0.274 e. The zero-order valence-corrected chi connectivity index (χ0v) is 9.82. The number of benzene rings is 1. The molecule has 2 fully saturated rings. The molecule has 1 aliphatic heterocycles. The van der Waals surface area contributed by atoms with Gasteiger partial charge in [-0.1, -0.05) is 30.4 Å². The maximum Gasteiger partial charge on any atom is 0.238 e. The Morgan fingerprint density at radius 1 is 0.889 bits per heavy atom. The number of hydrogen-bond acceptors (Lipinski definition) is 2. The van der Waals surface area contributed by atoms with E-state index in [0.29, 0.717) is 5.69 Å². The Kier molecular flexibility index (Phi) is 1.85. The summed E-state index contributed by atoms with van der Waals surface area (Å²) in [6.07, 6.45) is 5.21. The lowest BCUT2D eigenvalue weighted by atomic mass is 9.85. The summed E-state index contributed by atoms with van der Waals surface area (Å²) in [6, 6.07) is 9.26. The first-order valence-corrected chi connectivity index (χ1v) is 6.38. The molecule has 0 aromatic heterocycles. The van der Waals surface area contributed by atoms with Gasteiger partial charge >= 0.3 is 0 Å². The van der Waals surface area contributed by atoms with Gasteiger partial charge in [-0.05, 0) is 30.4 Å². The number of nitrogens with zero attached hydrogens (tertiary/aromatic N) is 1. The summed E-state index contributed by atoms with van der Waals surface area (Å²) < 4.78 is 0. The van der Waals surface area contributed by atoms with E-state index in [9.17, 15) is 9.59 Å². The smallest absolute Gasteiger partial charge is 0.238 e. The number of fused-ring (bicyclic) bond motifs is 5. The molecule has 2 bridgehead atoms. The van der Waals surface area contributed by atoms with Gasteiger partial charge in [-0.2, -0.15) is 0 Å². The van der Waals surface area contributed by atoms with Crippen LogP contribution in [0.25, 0.3) is 0 Å². The largest absolute Gasteiger partial charge is 0.274 e.